The molecule has 5 nitrogen and oxygen atoms in total. The number of nitrogens with one attached hydrogen (secondary N) is 1. The maximum Gasteiger partial charge on any atom is 0.294 e. The molecule has 0 radical (unpaired) electrons. The third kappa shape index (κ3) is 7.38. The molecule has 0 fully saturated rings. The van der Waals surface area contributed by atoms with Crippen molar-refractivity contribution in [3.63, 3.8) is 0 Å². The zero-order valence-electron chi connectivity index (χ0n) is 4.83. The molecule has 0 atom stereocenters. The number of sulfonamides is 1. The van der Waals surface area contributed by atoms with Gasteiger partial charge in [0.15, 0.2) is 6.73 Å². The van der Waals surface area contributed by atoms with E-state index >= 15 is 0 Å². The molecule has 0 spiro atoms. The molecule has 0 unspecified atom stereocenters. The van der Waals surface area contributed by atoms with Gasteiger partial charge in [0.2, 0.25) is 10.0 Å². The molecule has 6 heteroatoms. The number of rotatable bonds is 4. The summed E-state index contributed by atoms with van der Waals surface area (Å²) in [6, 6.07) is 0. The van der Waals surface area contributed by atoms with Crippen LogP contribution < -0.4 is 4.72 Å². The van der Waals surface area contributed by atoms with E-state index in [1.165, 1.54) is 0 Å². The average Bonchev–Trinajstić information content (AvgIpc) is 1.63. The summed E-state index contributed by atoms with van der Waals surface area (Å²) in [5, 5.41) is 0. The van der Waals surface area contributed by atoms with Crippen LogP contribution in [0.15, 0.2) is 0 Å². The van der Waals surface area contributed by atoms with Gasteiger partial charge in [0, 0.05) is 0 Å². The Morgan fingerprint density at radius 2 is 2.22 bits per heavy atom. The fraction of sp³-hybridized carbons (Fsp3) is 0.667. The van der Waals surface area contributed by atoms with Crippen LogP contribution in [-0.4, -0.2) is 27.9 Å². The van der Waals surface area contributed by atoms with E-state index in [2.05, 4.69) is 4.74 Å². The lowest BCUT2D eigenvalue weighted by Gasteiger charge is -1.97. The minimum atomic E-state index is -3.23. The van der Waals surface area contributed by atoms with Crippen LogP contribution in [0, 0.1) is 0 Å². The van der Waals surface area contributed by atoms with E-state index in [9.17, 15) is 13.2 Å². The molecule has 0 heterocycles. The molecule has 0 aromatic heterocycles. The predicted molar refractivity (Wildman–Crippen MR) is 30.0 cm³/mol. The monoisotopic (exact) mass is 153 g/mol. The van der Waals surface area contributed by atoms with Crippen LogP contribution >= 0.6 is 0 Å². The van der Waals surface area contributed by atoms with Crippen molar-refractivity contribution in [2.24, 2.45) is 0 Å². The minimum absolute atomic E-state index is 0.165. The van der Waals surface area contributed by atoms with Gasteiger partial charge in [-0.3, -0.25) is 4.79 Å². The van der Waals surface area contributed by atoms with Crippen molar-refractivity contribution < 1.29 is 17.9 Å². The summed E-state index contributed by atoms with van der Waals surface area (Å²) >= 11 is 0. The third-order valence-electron chi connectivity index (χ3n) is 0.472. The van der Waals surface area contributed by atoms with Gasteiger partial charge in [0.1, 0.15) is 0 Å². The highest BCUT2D eigenvalue weighted by Gasteiger charge is 1.96. The molecule has 0 aromatic carbocycles. The molecule has 1 N–H and O–H groups in total. The van der Waals surface area contributed by atoms with Gasteiger partial charge < -0.3 is 4.74 Å². The molecule has 0 aliphatic rings. The van der Waals surface area contributed by atoms with Crippen LogP contribution in [0.4, 0.5) is 0 Å². The smallest absolute Gasteiger partial charge is 0.294 e. The van der Waals surface area contributed by atoms with Gasteiger partial charge in [-0.1, -0.05) is 0 Å². The highest BCUT2D eigenvalue weighted by molar-refractivity contribution is 7.88. The van der Waals surface area contributed by atoms with Crippen molar-refractivity contribution in [1.29, 1.82) is 0 Å². The Hall–Kier alpha value is -0.620. The predicted octanol–water partition coefficient (Wildman–Crippen LogP) is -1.33. The molecular formula is C3H7NO4S. The summed E-state index contributed by atoms with van der Waals surface area (Å²) in [6.07, 6.45) is 0.973. The van der Waals surface area contributed by atoms with Crippen LogP contribution in [0.3, 0.4) is 0 Å². The quantitative estimate of drug-likeness (QED) is 0.308. The van der Waals surface area contributed by atoms with Crippen LogP contribution in [0.5, 0.6) is 0 Å². The Kier molecular flexibility index (Phi) is 3.18. The van der Waals surface area contributed by atoms with Crippen molar-refractivity contribution in [3.8, 4) is 0 Å². The van der Waals surface area contributed by atoms with Crippen molar-refractivity contribution in [2.75, 3.05) is 13.0 Å². The summed E-state index contributed by atoms with van der Waals surface area (Å²) < 4.78 is 26.4. The Morgan fingerprint density at radius 1 is 1.67 bits per heavy atom. The first-order chi connectivity index (χ1) is 4.06. The van der Waals surface area contributed by atoms with Crippen LogP contribution in [0.2, 0.25) is 0 Å². The normalized spacial score (nSPS) is 10.8. The molecule has 0 aromatic rings. The lowest BCUT2D eigenvalue weighted by atomic mass is 11.3. The fourth-order valence-electron chi connectivity index (χ4n) is 0.175. The summed E-state index contributed by atoms with van der Waals surface area (Å²) in [6.45, 7) is -0.138. The SMILES string of the molecule is CS(=O)(=O)NCOC=O. The third-order valence-corrected chi connectivity index (χ3v) is 1.11. The highest BCUT2D eigenvalue weighted by atomic mass is 32.2. The first kappa shape index (κ1) is 8.38. The Bertz CT molecular complexity index is 172. The largest absolute Gasteiger partial charge is 0.451 e. The summed E-state index contributed by atoms with van der Waals surface area (Å²) in [5.41, 5.74) is 0. The van der Waals surface area contributed by atoms with Gasteiger partial charge in [-0.25, -0.2) is 8.42 Å². The standard InChI is InChI=1S/C3H7NO4S/c1-9(6,7)4-2-8-3-5/h3-4H,2H2,1H3. The molecule has 54 valence electrons. The highest BCUT2D eigenvalue weighted by Crippen LogP contribution is 1.70. The molecule has 0 saturated heterocycles. The van der Waals surface area contributed by atoms with Gasteiger partial charge in [-0.15, -0.1) is 0 Å². The number of hydrogen-bond acceptors (Lipinski definition) is 4. The number of ether oxygens (including phenoxy) is 1. The summed E-state index contributed by atoms with van der Waals surface area (Å²) in [7, 11) is -3.23. The lowest BCUT2D eigenvalue weighted by Crippen LogP contribution is -2.24. The van der Waals surface area contributed by atoms with Gasteiger partial charge in [-0.05, 0) is 0 Å². The molecule has 9 heavy (non-hydrogen) atoms. The van der Waals surface area contributed by atoms with E-state index in [1.807, 2.05) is 4.72 Å². The van der Waals surface area contributed by atoms with Gasteiger partial charge in [-0.2, -0.15) is 4.72 Å². The van der Waals surface area contributed by atoms with E-state index in [4.69, 9.17) is 0 Å². The minimum Gasteiger partial charge on any atom is -0.451 e. The van der Waals surface area contributed by atoms with Gasteiger partial charge in [0.05, 0.1) is 6.26 Å². The maximum atomic E-state index is 10.2. The lowest BCUT2D eigenvalue weighted by molar-refractivity contribution is -0.128. The first-order valence-electron chi connectivity index (χ1n) is 2.06. The molecule has 0 bridgehead atoms. The maximum absolute atomic E-state index is 10.2. The Labute approximate surface area is 53.1 Å². The first-order valence-corrected chi connectivity index (χ1v) is 3.95. The molecule has 0 rings (SSSR count). The molecule has 0 saturated carbocycles. The fourth-order valence-corrected chi connectivity index (χ4v) is 0.457. The molecule has 0 amide bonds. The van der Waals surface area contributed by atoms with Crippen molar-refractivity contribution in [3.05, 3.63) is 0 Å². The molecule has 0 aliphatic carbocycles. The van der Waals surface area contributed by atoms with Crippen molar-refractivity contribution >= 4 is 16.5 Å². The van der Waals surface area contributed by atoms with Crippen LogP contribution in [-0.2, 0) is 19.6 Å². The van der Waals surface area contributed by atoms with E-state index in [1.54, 1.807) is 0 Å². The second-order valence-corrected chi connectivity index (χ2v) is 3.16. The zero-order valence-corrected chi connectivity index (χ0v) is 5.64. The topological polar surface area (TPSA) is 72.5 Å². The van der Waals surface area contributed by atoms with E-state index in [-0.39, 0.29) is 13.2 Å². The number of carbonyl (C=O) groups is 1. The van der Waals surface area contributed by atoms with Crippen molar-refractivity contribution in [2.45, 2.75) is 0 Å². The van der Waals surface area contributed by atoms with E-state index < -0.39 is 10.0 Å². The summed E-state index contributed by atoms with van der Waals surface area (Å²) in [4.78, 5) is 9.43. The van der Waals surface area contributed by atoms with Gasteiger partial charge in [0.25, 0.3) is 6.47 Å². The average molecular weight is 153 g/mol. The molecule has 0 aliphatic heterocycles. The van der Waals surface area contributed by atoms with E-state index in [0.29, 0.717) is 0 Å². The second kappa shape index (κ2) is 3.41. The zero-order chi connectivity index (χ0) is 7.33. The summed E-state index contributed by atoms with van der Waals surface area (Å²) in [5.74, 6) is 0. The van der Waals surface area contributed by atoms with E-state index in [0.717, 1.165) is 6.26 Å². The van der Waals surface area contributed by atoms with Crippen LogP contribution in [0.1, 0.15) is 0 Å². The molecular weight excluding hydrogens is 146 g/mol. The number of carbonyl (C=O) groups excluding carboxylic acids is 1. The number of hydrogen-bond donors (Lipinski definition) is 1. The van der Waals surface area contributed by atoms with Crippen LogP contribution in [0.25, 0.3) is 0 Å². The Morgan fingerprint density at radius 3 is 2.56 bits per heavy atom. The Balaban J connectivity index is 3.40. The second-order valence-electron chi connectivity index (χ2n) is 1.32. The van der Waals surface area contributed by atoms with Gasteiger partial charge >= 0.3 is 0 Å². The van der Waals surface area contributed by atoms with Crippen molar-refractivity contribution in [1.82, 2.24) is 4.72 Å².